The highest BCUT2D eigenvalue weighted by Crippen LogP contribution is 2.28. The number of hydrogen-bond donors (Lipinski definition) is 3. The Morgan fingerprint density at radius 2 is 1.96 bits per heavy atom. The zero-order chi connectivity index (χ0) is 19.5. The Labute approximate surface area is 164 Å². The molecule has 3 heterocycles. The summed E-state index contributed by atoms with van der Waals surface area (Å²) in [5, 5.41) is 9.17. The van der Waals surface area contributed by atoms with Crippen LogP contribution in [-0.2, 0) is 22.7 Å². The Bertz CT molecular complexity index is 775. The van der Waals surface area contributed by atoms with Crippen molar-refractivity contribution in [3.63, 3.8) is 0 Å². The Hall–Kier alpha value is -2.29. The number of hydrogen-bond acceptors (Lipinski definition) is 6. The monoisotopic (exact) mass is 385 g/mol. The minimum Gasteiger partial charge on any atom is -0.322 e. The summed E-state index contributed by atoms with van der Waals surface area (Å²) in [5.74, 6) is -0.755. The average Bonchev–Trinajstić information content (AvgIpc) is 3.02. The lowest BCUT2D eigenvalue weighted by atomic mass is 10.0. The molecule has 3 aliphatic rings. The number of carbonyl (C=O) groups is 3. The van der Waals surface area contributed by atoms with Crippen molar-refractivity contribution in [2.45, 2.75) is 32.0 Å². The van der Waals surface area contributed by atoms with Crippen LogP contribution in [0.15, 0.2) is 18.2 Å². The van der Waals surface area contributed by atoms with Crippen molar-refractivity contribution in [1.82, 2.24) is 25.8 Å². The largest absolute Gasteiger partial charge is 0.322 e. The molecule has 1 aromatic carbocycles. The van der Waals surface area contributed by atoms with E-state index in [-0.39, 0.29) is 24.1 Å². The SMILES string of the molecule is O=C1CCC(N2Cc3cc(CNCCN4CCNCC4)ccc3C2=O)C(=O)N1. The first-order valence-corrected chi connectivity index (χ1v) is 10.0. The summed E-state index contributed by atoms with van der Waals surface area (Å²) in [4.78, 5) is 40.2. The van der Waals surface area contributed by atoms with Crippen LogP contribution in [-0.4, -0.2) is 72.8 Å². The number of amides is 3. The van der Waals surface area contributed by atoms with Gasteiger partial charge in [-0.15, -0.1) is 0 Å². The van der Waals surface area contributed by atoms with E-state index in [0.29, 0.717) is 18.5 Å². The second-order valence-corrected chi connectivity index (χ2v) is 7.66. The molecule has 0 spiro atoms. The molecule has 0 bridgehead atoms. The number of carbonyl (C=O) groups excluding carboxylic acids is 3. The number of rotatable bonds is 6. The molecule has 2 saturated heterocycles. The number of benzene rings is 1. The summed E-state index contributed by atoms with van der Waals surface area (Å²) in [6.07, 6.45) is 0.670. The van der Waals surface area contributed by atoms with Crippen LogP contribution in [0.4, 0.5) is 0 Å². The second-order valence-electron chi connectivity index (χ2n) is 7.66. The lowest BCUT2D eigenvalue weighted by Crippen LogP contribution is -2.52. The van der Waals surface area contributed by atoms with Crippen molar-refractivity contribution >= 4 is 17.7 Å². The number of nitrogens with zero attached hydrogens (tertiary/aromatic N) is 2. The van der Waals surface area contributed by atoms with Gasteiger partial charge in [-0.1, -0.05) is 12.1 Å². The molecule has 0 saturated carbocycles. The number of nitrogens with one attached hydrogen (secondary N) is 3. The van der Waals surface area contributed by atoms with E-state index in [0.717, 1.165) is 56.9 Å². The van der Waals surface area contributed by atoms with Gasteiger partial charge in [-0.2, -0.15) is 0 Å². The van der Waals surface area contributed by atoms with Gasteiger partial charge in [-0.25, -0.2) is 0 Å². The molecule has 3 N–H and O–H groups in total. The fraction of sp³-hybridized carbons (Fsp3) is 0.550. The number of fused-ring (bicyclic) bond motifs is 1. The molecular formula is C20H27N5O3. The summed E-state index contributed by atoms with van der Waals surface area (Å²) < 4.78 is 0. The van der Waals surface area contributed by atoms with Gasteiger partial charge >= 0.3 is 0 Å². The topological polar surface area (TPSA) is 93.8 Å². The lowest BCUT2D eigenvalue weighted by Gasteiger charge is -2.29. The molecule has 4 rings (SSSR count). The van der Waals surface area contributed by atoms with Crippen LogP contribution >= 0.6 is 0 Å². The molecule has 8 nitrogen and oxygen atoms in total. The third-order valence-electron chi connectivity index (χ3n) is 5.73. The van der Waals surface area contributed by atoms with Gasteiger partial charge in [0.25, 0.3) is 5.91 Å². The summed E-state index contributed by atoms with van der Waals surface area (Å²) in [5.41, 5.74) is 2.75. The van der Waals surface area contributed by atoms with Crippen molar-refractivity contribution in [1.29, 1.82) is 0 Å². The van der Waals surface area contributed by atoms with Gasteiger partial charge in [0.05, 0.1) is 0 Å². The predicted octanol–water partition coefficient (Wildman–Crippen LogP) is -0.558. The maximum atomic E-state index is 12.7. The average molecular weight is 385 g/mol. The first kappa shape index (κ1) is 19.0. The van der Waals surface area contributed by atoms with Crippen LogP contribution in [0, 0.1) is 0 Å². The second kappa shape index (κ2) is 8.38. The molecule has 8 heteroatoms. The van der Waals surface area contributed by atoms with E-state index in [1.54, 1.807) is 4.90 Å². The van der Waals surface area contributed by atoms with Gasteiger partial charge in [-0.3, -0.25) is 24.6 Å². The van der Waals surface area contributed by atoms with E-state index in [4.69, 9.17) is 0 Å². The first-order chi connectivity index (χ1) is 13.6. The van der Waals surface area contributed by atoms with Gasteiger partial charge < -0.3 is 15.5 Å². The molecule has 1 unspecified atom stereocenters. The quantitative estimate of drug-likeness (QED) is 0.449. The van der Waals surface area contributed by atoms with Crippen molar-refractivity contribution in [2.75, 3.05) is 39.3 Å². The number of piperidine rings is 1. The summed E-state index contributed by atoms with van der Waals surface area (Å²) in [7, 11) is 0. The fourth-order valence-electron chi connectivity index (χ4n) is 4.14. The maximum absolute atomic E-state index is 12.7. The molecule has 0 aromatic heterocycles. The van der Waals surface area contributed by atoms with Gasteiger partial charge in [0.15, 0.2) is 0 Å². The zero-order valence-electron chi connectivity index (χ0n) is 16.0. The Morgan fingerprint density at radius 1 is 1.14 bits per heavy atom. The predicted molar refractivity (Wildman–Crippen MR) is 104 cm³/mol. The standard InChI is InChI=1S/C20H27N5O3/c26-18-4-3-17(19(27)23-18)25-13-15-11-14(1-2-16(15)20(25)28)12-22-7-10-24-8-5-21-6-9-24/h1-2,11,17,21-22H,3-10,12-13H2,(H,23,26,27). The normalized spacial score (nSPS) is 23.1. The van der Waals surface area contributed by atoms with Crippen LogP contribution in [0.2, 0.25) is 0 Å². The Kier molecular flexibility index (Phi) is 5.70. The van der Waals surface area contributed by atoms with Crippen LogP contribution in [0.3, 0.4) is 0 Å². The molecule has 0 radical (unpaired) electrons. The van der Waals surface area contributed by atoms with E-state index in [2.05, 4.69) is 26.9 Å². The molecule has 0 aliphatic carbocycles. The molecule has 3 amide bonds. The van der Waals surface area contributed by atoms with Gasteiger partial charge in [0.2, 0.25) is 11.8 Å². The van der Waals surface area contributed by atoms with Crippen molar-refractivity contribution in [2.24, 2.45) is 0 Å². The van der Waals surface area contributed by atoms with Crippen LogP contribution in [0.25, 0.3) is 0 Å². The van der Waals surface area contributed by atoms with Crippen molar-refractivity contribution in [3.8, 4) is 0 Å². The minimum absolute atomic E-state index is 0.122. The van der Waals surface area contributed by atoms with Gasteiger partial charge in [-0.05, 0) is 23.6 Å². The maximum Gasteiger partial charge on any atom is 0.255 e. The first-order valence-electron chi connectivity index (χ1n) is 10.0. The van der Waals surface area contributed by atoms with E-state index < -0.39 is 6.04 Å². The van der Waals surface area contributed by atoms with Gasteiger partial charge in [0.1, 0.15) is 6.04 Å². The fourth-order valence-corrected chi connectivity index (χ4v) is 4.14. The number of piperazine rings is 1. The lowest BCUT2D eigenvalue weighted by molar-refractivity contribution is -0.136. The summed E-state index contributed by atoms with van der Waals surface area (Å²) in [6, 6.07) is 5.33. The number of imide groups is 1. The molecule has 2 fully saturated rings. The molecule has 1 atom stereocenters. The molecule has 3 aliphatic heterocycles. The van der Waals surface area contributed by atoms with Crippen molar-refractivity contribution < 1.29 is 14.4 Å². The van der Waals surface area contributed by atoms with Crippen LogP contribution in [0.5, 0.6) is 0 Å². The highest BCUT2D eigenvalue weighted by atomic mass is 16.2. The molecule has 150 valence electrons. The van der Waals surface area contributed by atoms with E-state index in [1.807, 2.05) is 12.1 Å². The third kappa shape index (κ3) is 4.09. The third-order valence-corrected chi connectivity index (χ3v) is 5.73. The molecule has 1 aromatic rings. The molecular weight excluding hydrogens is 358 g/mol. The highest BCUT2D eigenvalue weighted by Gasteiger charge is 2.38. The van der Waals surface area contributed by atoms with E-state index >= 15 is 0 Å². The zero-order valence-corrected chi connectivity index (χ0v) is 16.0. The highest BCUT2D eigenvalue weighted by molar-refractivity contribution is 6.05. The summed E-state index contributed by atoms with van der Waals surface area (Å²) >= 11 is 0. The van der Waals surface area contributed by atoms with Crippen LogP contribution < -0.4 is 16.0 Å². The minimum atomic E-state index is -0.557. The Morgan fingerprint density at radius 3 is 2.75 bits per heavy atom. The van der Waals surface area contributed by atoms with Crippen molar-refractivity contribution in [3.05, 3.63) is 34.9 Å². The Balaban J connectivity index is 1.32. The molecule has 28 heavy (non-hydrogen) atoms. The van der Waals surface area contributed by atoms with E-state index in [1.165, 1.54) is 0 Å². The summed E-state index contributed by atoms with van der Waals surface area (Å²) in [6.45, 7) is 7.45. The van der Waals surface area contributed by atoms with E-state index in [9.17, 15) is 14.4 Å². The van der Waals surface area contributed by atoms with Gasteiger partial charge in [0, 0.05) is 64.3 Å². The smallest absolute Gasteiger partial charge is 0.255 e. The van der Waals surface area contributed by atoms with Crippen LogP contribution in [0.1, 0.15) is 34.3 Å².